The third kappa shape index (κ3) is 4.35. The van der Waals surface area contributed by atoms with E-state index in [2.05, 4.69) is 0 Å². The predicted molar refractivity (Wildman–Crippen MR) is 127 cm³/mol. The molecule has 0 aliphatic carbocycles. The van der Waals surface area contributed by atoms with Crippen LogP contribution in [0.4, 0.5) is 0 Å². The molecule has 0 saturated heterocycles. The number of amides is 2. The maximum absolute atomic E-state index is 13.6. The van der Waals surface area contributed by atoms with Gasteiger partial charge in [-0.25, -0.2) is 0 Å². The summed E-state index contributed by atoms with van der Waals surface area (Å²) in [5.74, 6) is -0.468. The van der Waals surface area contributed by atoms with Crippen LogP contribution in [0, 0.1) is 13.8 Å². The van der Waals surface area contributed by atoms with Gasteiger partial charge in [0.05, 0.1) is 12.1 Å². The van der Waals surface area contributed by atoms with Gasteiger partial charge in [0.25, 0.3) is 11.8 Å². The minimum Gasteiger partial charge on any atom is -0.362 e. The minimum absolute atomic E-state index is 0.232. The summed E-state index contributed by atoms with van der Waals surface area (Å²) in [5.41, 5.74) is 6.04. The van der Waals surface area contributed by atoms with Crippen molar-refractivity contribution in [1.29, 1.82) is 0 Å². The van der Waals surface area contributed by atoms with E-state index in [1.54, 1.807) is 0 Å². The van der Waals surface area contributed by atoms with Crippen LogP contribution in [0.2, 0.25) is 0 Å². The van der Waals surface area contributed by atoms with Crippen LogP contribution in [0.3, 0.4) is 0 Å². The van der Waals surface area contributed by atoms with Crippen molar-refractivity contribution in [3.63, 3.8) is 0 Å². The van der Waals surface area contributed by atoms with E-state index in [1.807, 2.05) is 105 Å². The molecule has 1 heterocycles. The maximum Gasteiger partial charge on any atom is 0.278 e. The Hall–Kier alpha value is -3.66. The summed E-state index contributed by atoms with van der Waals surface area (Å²) < 4.78 is 0. The molecule has 0 bridgehead atoms. The Morgan fingerprint density at radius 3 is 1.91 bits per heavy atom. The first-order valence-electron chi connectivity index (χ1n) is 11.0. The van der Waals surface area contributed by atoms with Crippen molar-refractivity contribution >= 4 is 17.4 Å². The van der Waals surface area contributed by atoms with Gasteiger partial charge in [-0.05, 0) is 37.5 Å². The number of nitrogens with zero attached hydrogens (tertiary/aromatic N) is 2. The first-order valence-corrected chi connectivity index (χ1v) is 11.0. The lowest BCUT2D eigenvalue weighted by atomic mass is 10.0. The van der Waals surface area contributed by atoms with Crippen molar-refractivity contribution in [2.75, 3.05) is 6.54 Å². The smallest absolute Gasteiger partial charge is 0.278 e. The van der Waals surface area contributed by atoms with Crippen LogP contribution in [-0.4, -0.2) is 28.2 Å². The van der Waals surface area contributed by atoms with Gasteiger partial charge < -0.3 is 4.90 Å². The lowest BCUT2D eigenvalue weighted by molar-refractivity contribution is -0.138. The SMILES string of the molecule is CCN(Cc1ccccc1)C1=C(c2ccc(C)cc2)C(=O)N(Cc2ccc(C)cc2)C1=O. The number of imide groups is 1. The molecule has 4 nitrogen and oxygen atoms in total. The van der Waals surface area contributed by atoms with Crippen molar-refractivity contribution in [3.05, 3.63) is 112 Å². The topological polar surface area (TPSA) is 40.6 Å². The van der Waals surface area contributed by atoms with Gasteiger partial charge in [-0.2, -0.15) is 0 Å². The van der Waals surface area contributed by atoms with Crippen molar-refractivity contribution in [2.45, 2.75) is 33.9 Å². The minimum atomic E-state index is -0.235. The lowest BCUT2D eigenvalue weighted by Gasteiger charge is -2.25. The first-order chi connectivity index (χ1) is 15.5. The van der Waals surface area contributed by atoms with Crippen LogP contribution in [0.15, 0.2) is 84.6 Å². The highest BCUT2D eigenvalue weighted by molar-refractivity contribution is 6.35. The molecule has 162 valence electrons. The van der Waals surface area contributed by atoms with E-state index in [9.17, 15) is 9.59 Å². The molecule has 4 rings (SSSR count). The fraction of sp³-hybridized carbons (Fsp3) is 0.214. The van der Waals surface area contributed by atoms with Gasteiger partial charge in [-0.15, -0.1) is 0 Å². The second kappa shape index (κ2) is 9.23. The van der Waals surface area contributed by atoms with Crippen LogP contribution in [0.25, 0.3) is 5.57 Å². The summed E-state index contributed by atoms with van der Waals surface area (Å²) in [5, 5.41) is 0. The van der Waals surface area contributed by atoms with Gasteiger partial charge in [0, 0.05) is 13.1 Å². The van der Waals surface area contributed by atoms with Gasteiger partial charge in [0.15, 0.2) is 0 Å². The molecule has 4 heteroatoms. The summed E-state index contributed by atoms with van der Waals surface area (Å²) in [7, 11) is 0. The molecule has 2 amide bonds. The Kier molecular flexibility index (Phi) is 6.22. The fourth-order valence-electron chi connectivity index (χ4n) is 4.01. The van der Waals surface area contributed by atoms with E-state index < -0.39 is 0 Å². The second-order valence-corrected chi connectivity index (χ2v) is 8.27. The predicted octanol–water partition coefficient (Wildman–Crippen LogP) is 5.11. The molecule has 3 aromatic carbocycles. The van der Waals surface area contributed by atoms with Crippen molar-refractivity contribution in [1.82, 2.24) is 9.80 Å². The van der Waals surface area contributed by atoms with Gasteiger partial charge in [-0.1, -0.05) is 90.0 Å². The standard InChI is InChI=1S/C28H28N2O2/c1-4-29(18-22-8-6-5-7-9-22)26-25(24-16-12-21(3)13-17-24)27(31)30(28(26)32)19-23-14-10-20(2)11-15-23/h5-17H,4,18-19H2,1-3H3. The Morgan fingerprint density at radius 1 is 0.719 bits per heavy atom. The Bertz CT molecular complexity index is 1150. The van der Waals surface area contributed by atoms with Crippen molar-refractivity contribution in [3.8, 4) is 0 Å². The molecule has 0 spiro atoms. The van der Waals surface area contributed by atoms with Crippen LogP contribution in [0.5, 0.6) is 0 Å². The van der Waals surface area contributed by atoms with Crippen LogP contribution >= 0.6 is 0 Å². The normalized spacial score (nSPS) is 13.8. The number of hydrogen-bond acceptors (Lipinski definition) is 3. The van der Waals surface area contributed by atoms with Crippen molar-refractivity contribution < 1.29 is 9.59 Å². The Morgan fingerprint density at radius 2 is 1.31 bits per heavy atom. The molecule has 1 aliphatic heterocycles. The average molecular weight is 425 g/mol. The molecule has 3 aromatic rings. The molecular formula is C28H28N2O2. The maximum atomic E-state index is 13.6. The van der Waals surface area contributed by atoms with E-state index in [1.165, 1.54) is 4.90 Å². The molecular weight excluding hydrogens is 396 g/mol. The highest BCUT2D eigenvalue weighted by atomic mass is 16.2. The van der Waals surface area contributed by atoms with Gasteiger partial charge >= 0.3 is 0 Å². The Labute approximate surface area is 189 Å². The number of likely N-dealkylation sites (N-methyl/N-ethyl adjacent to an activating group) is 1. The number of rotatable bonds is 7. The first kappa shape index (κ1) is 21.6. The third-order valence-corrected chi connectivity index (χ3v) is 5.86. The highest BCUT2D eigenvalue weighted by Crippen LogP contribution is 2.33. The molecule has 0 N–H and O–H groups in total. The monoisotopic (exact) mass is 424 g/mol. The van der Waals surface area contributed by atoms with Crippen molar-refractivity contribution in [2.24, 2.45) is 0 Å². The van der Waals surface area contributed by atoms with E-state index in [0.717, 1.165) is 27.8 Å². The number of carbonyl (C=O) groups is 2. The summed E-state index contributed by atoms with van der Waals surface area (Å²) in [6.07, 6.45) is 0. The third-order valence-electron chi connectivity index (χ3n) is 5.86. The quantitative estimate of drug-likeness (QED) is 0.495. The van der Waals surface area contributed by atoms with Crippen LogP contribution < -0.4 is 0 Å². The summed E-state index contributed by atoms with van der Waals surface area (Å²) in [6.45, 7) is 7.51. The Balaban J connectivity index is 1.75. The molecule has 0 radical (unpaired) electrons. The van der Waals surface area contributed by atoms with E-state index >= 15 is 0 Å². The lowest BCUT2D eigenvalue weighted by Crippen LogP contribution is -2.34. The fourth-order valence-corrected chi connectivity index (χ4v) is 4.01. The molecule has 1 aliphatic rings. The zero-order valence-corrected chi connectivity index (χ0v) is 18.8. The molecule has 0 atom stereocenters. The molecule has 32 heavy (non-hydrogen) atoms. The molecule has 0 unspecified atom stereocenters. The second-order valence-electron chi connectivity index (χ2n) is 8.27. The average Bonchev–Trinajstić information content (AvgIpc) is 3.05. The van der Waals surface area contributed by atoms with Gasteiger partial charge in [-0.3, -0.25) is 14.5 Å². The summed E-state index contributed by atoms with van der Waals surface area (Å²) >= 11 is 0. The largest absolute Gasteiger partial charge is 0.362 e. The van der Waals surface area contributed by atoms with Gasteiger partial charge in [0.2, 0.25) is 0 Å². The van der Waals surface area contributed by atoms with E-state index in [4.69, 9.17) is 0 Å². The molecule has 0 saturated carbocycles. The zero-order chi connectivity index (χ0) is 22.7. The van der Waals surface area contributed by atoms with Gasteiger partial charge in [0.1, 0.15) is 5.70 Å². The van der Waals surface area contributed by atoms with E-state index in [-0.39, 0.29) is 18.4 Å². The molecule has 0 aromatic heterocycles. The van der Waals surface area contributed by atoms with E-state index in [0.29, 0.717) is 24.4 Å². The number of benzene rings is 3. The number of aryl methyl sites for hydroxylation is 2. The zero-order valence-electron chi connectivity index (χ0n) is 18.8. The molecule has 0 fully saturated rings. The van der Waals surface area contributed by atoms with Crippen LogP contribution in [-0.2, 0) is 22.7 Å². The summed E-state index contributed by atoms with van der Waals surface area (Å²) in [4.78, 5) is 30.6. The number of carbonyl (C=O) groups excluding carboxylic acids is 2. The highest BCUT2D eigenvalue weighted by Gasteiger charge is 2.41. The summed E-state index contributed by atoms with van der Waals surface area (Å²) in [6, 6.07) is 25.8. The number of hydrogen-bond donors (Lipinski definition) is 0. The van der Waals surface area contributed by atoms with Crippen LogP contribution in [0.1, 0.15) is 34.7 Å².